The minimum Gasteiger partial charge on any atom is -0.504 e. The molecule has 0 aliphatic heterocycles. The molecule has 7 nitrogen and oxygen atoms in total. The van der Waals surface area contributed by atoms with Crippen molar-refractivity contribution < 1.29 is 19.0 Å². The van der Waals surface area contributed by atoms with E-state index in [0.717, 1.165) is 33.3 Å². The first-order chi connectivity index (χ1) is 18.0. The Morgan fingerprint density at radius 1 is 1.03 bits per heavy atom. The Bertz CT molecular complexity index is 1450. The van der Waals surface area contributed by atoms with Crippen molar-refractivity contribution in [3.05, 3.63) is 83.3 Å². The normalized spacial score (nSPS) is 10.9. The lowest BCUT2D eigenvalue weighted by atomic mass is 10.0. The molecule has 0 bridgehead atoms. The molecule has 4 rings (SSSR count). The number of hydrogen-bond acceptors (Lipinski definition) is 5. The van der Waals surface area contributed by atoms with Gasteiger partial charge < -0.3 is 14.2 Å². The Morgan fingerprint density at radius 2 is 1.84 bits per heavy atom. The molecule has 37 heavy (non-hydrogen) atoms. The highest BCUT2D eigenvalue weighted by molar-refractivity contribution is 5.89. The van der Waals surface area contributed by atoms with Gasteiger partial charge in [-0.25, -0.2) is 4.85 Å². The van der Waals surface area contributed by atoms with Crippen LogP contribution in [0, 0.1) is 6.57 Å². The molecule has 4 aromatic rings. The average Bonchev–Trinajstić information content (AvgIpc) is 3.27. The lowest BCUT2D eigenvalue weighted by Gasteiger charge is -2.13. The zero-order chi connectivity index (χ0) is 26.4. The maximum Gasteiger partial charge on any atom is 0.310 e. The van der Waals surface area contributed by atoms with Gasteiger partial charge in [-0.15, -0.1) is 0 Å². The summed E-state index contributed by atoms with van der Waals surface area (Å²) in [5.74, 6) is 0.924. The van der Waals surface area contributed by atoms with Crippen molar-refractivity contribution in [2.24, 2.45) is 0 Å². The number of carbonyl (C=O) groups excluding carboxylic acids is 1. The molecule has 3 aromatic carbocycles. The van der Waals surface area contributed by atoms with Crippen LogP contribution in [0.25, 0.3) is 26.9 Å². The molecule has 0 amide bonds. The zero-order valence-corrected chi connectivity index (χ0v) is 21.7. The van der Waals surface area contributed by atoms with Crippen LogP contribution >= 0.6 is 0 Å². The summed E-state index contributed by atoms with van der Waals surface area (Å²) in [6, 6.07) is 19.4. The number of ether oxygens (including phenoxy) is 3. The van der Waals surface area contributed by atoms with Crippen molar-refractivity contribution in [2.75, 3.05) is 13.2 Å². The van der Waals surface area contributed by atoms with Gasteiger partial charge in [0.05, 0.1) is 31.7 Å². The van der Waals surface area contributed by atoms with Crippen molar-refractivity contribution in [3.8, 4) is 22.6 Å². The van der Waals surface area contributed by atoms with Crippen LogP contribution in [0.4, 0.5) is 5.69 Å². The fourth-order valence-electron chi connectivity index (χ4n) is 4.31. The lowest BCUT2D eigenvalue weighted by Crippen LogP contribution is -2.09. The summed E-state index contributed by atoms with van der Waals surface area (Å²) in [5, 5.41) is 5.83. The van der Waals surface area contributed by atoms with Crippen molar-refractivity contribution in [3.63, 3.8) is 0 Å². The van der Waals surface area contributed by atoms with Gasteiger partial charge in [0.15, 0.2) is 0 Å². The highest BCUT2D eigenvalue weighted by atomic mass is 16.5. The van der Waals surface area contributed by atoms with Gasteiger partial charge in [0.1, 0.15) is 23.8 Å². The van der Waals surface area contributed by atoms with E-state index in [-0.39, 0.29) is 25.0 Å². The number of hydrogen-bond donors (Lipinski definition) is 0. The number of para-hydroxylation sites is 2. The molecule has 0 aliphatic rings. The number of benzene rings is 3. The van der Waals surface area contributed by atoms with Gasteiger partial charge in [-0.1, -0.05) is 42.5 Å². The molecule has 0 saturated carbocycles. The van der Waals surface area contributed by atoms with Gasteiger partial charge >= 0.3 is 5.97 Å². The highest BCUT2D eigenvalue weighted by Gasteiger charge is 2.18. The maximum atomic E-state index is 12.1. The van der Waals surface area contributed by atoms with Crippen molar-refractivity contribution in [1.82, 2.24) is 9.78 Å². The lowest BCUT2D eigenvalue weighted by molar-refractivity contribution is -0.142. The van der Waals surface area contributed by atoms with Crippen LogP contribution in [0.15, 0.2) is 60.7 Å². The number of esters is 1. The van der Waals surface area contributed by atoms with E-state index in [2.05, 4.69) is 30.8 Å². The molecule has 7 heteroatoms. The van der Waals surface area contributed by atoms with Crippen molar-refractivity contribution in [2.45, 2.75) is 46.8 Å². The first kappa shape index (κ1) is 25.8. The van der Waals surface area contributed by atoms with E-state index in [1.54, 1.807) is 13.0 Å². The van der Waals surface area contributed by atoms with E-state index < -0.39 is 0 Å². The number of rotatable bonds is 10. The highest BCUT2D eigenvalue weighted by Crippen LogP contribution is 2.40. The minimum absolute atomic E-state index is 0.146. The molecular weight excluding hydrogens is 466 g/mol. The Hall–Kier alpha value is -4.31. The van der Waals surface area contributed by atoms with E-state index in [4.69, 9.17) is 25.9 Å². The Labute approximate surface area is 217 Å². The van der Waals surface area contributed by atoms with Crippen molar-refractivity contribution >= 4 is 22.6 Å². The van der Waals surface area contributed by atoms with Crippen LogP contribution < -0.4 is 9.47 Å². The largest absolute Gasteiger partial charge is 0.504 e. The quantitative estimate of drug-likeness (QED) is 0.176. The second-order valence-corrected chi connectivity index (χ2v) is 8.79. The molecule has 0 aliphatic carbocycles. The first-order valence-corrected chi connectivity index (χ1v) is 12.5. The summed E-state index contributed by atoms with van der Waals surface area (Å²) >= 11 is 0. The van der Waals surface area contributed by atoms with Gasteiger partial charge in [-0.3, -0.25) is 9.48 Å². The molecule has 0 fully saturated rings. The standard InChI is InChI=1S/C30H31N3O4/c1-6-35-29(34)18-22-11-8-9-14-28(22)37-19-26-24-17-21(15-16-27(24)33(32-26)20(3)4)23-12-10-13-25(31-5)30(23)36-7-2/h8-17,20H,6-7,18-19H2,1-4H3. The summed E-state index contributed by atoms with van der Waals surface area (Å²) in [6.07, 6.45) is 0.146. The predicted molar refractivity (Wildman–Crippen MR) is 144 cm³/mol. The molecule has 1 aromatic heterocycles. The van der Waals surface area contributed by atoms with Gasteiger partial charge in [0.2, 0.25) is 5.69 Å². The summed E-state index contributed by atoms with van der Waals surface area (Å²) < 4.78 is 19.2. The van der Waals surface area contributed by atoms with Gasteiger partial charge in [-0.05, 0) is 51.5 Å². The van der Waals surface area contributed by atoms with Crippen LogP contribution in [-0.2, 0) is 22.6 Å². The minimum atomic E-state index is -0.288. The summed E-state index contributed by atoms with van der Waals surface area (Å²) in [4.78, 5) is 15.7. The van der Waals surface area contributed by atoms with Crippen LogP contribution in [0.1, 0.15) is 45.0 Å². The Kier molecular flexibility index (Phi) is 8.09. The smallest absolute Gasteiger partial charge is 0.310 e. The van der Waals surface area contributed by atoms with E-state index in [9.17, 15) is 4.79 Å². The Balaban J connectivity index is 1.72. The van der Waals surface area contributed by atoms with Crippen molar-refractivity contribution in [1.29, 1.82) is 0 Å². The average molecular weight is 498 g/mol. The van der Waals surface area contributed by atoms with Gasteiger partial charge in [0, 0.05) is 22.6 Å². The Morgan fingerprint density at radius 3 is 2.57 bits per heavy atom. The molecular formula is C30H31N3O4. The van der Waals surface area contributed by atoms with Gasteiger partial charge in [0.25, 0.3) is 0 Å². The van der Waals surface area contributed by atoms with Crippen LogP contribution in [0.5, 0.6) is 11.5 Å². The van der Waals surface area contributed by atoms with E-state index >= 15 is 0 Å². The van der Waals surface area contributed by atoms with Crippen LogP contribution in [0.3, 0.4) is 0 Å². The first-order valence-electron chi connectivity index (χ1n) is 12.5. The molecule has 1 heterocycles. The summed E-state index contributed by atoms with van der Waals surface area (Å²) in [6.45, 7) is 16.5. The number of nitrogens with zero attached hydrogens (tertiary/aromatic N) is 3. The summed E-state index contributed by atoms with van der Waals surface area (Å²) in [7, 11) is 0. The molecule has 0 radical (unpaired) electrons. The fraction of sp³-hybridized carbons (Fsp3) is 0.300. The second kappa shape index (κ2) is 11.6. The fourth-order valence-corrected chi connectivity index (χ4v) is 4.31. The van der Waals surface area contributed by atoms with Crippen LogP contribution in [-0.4, -0.2) is 29.0 Å². The monoisotopic (exact) mass is 497 g/mol. The van der Waals surface area contributed by atoms with E-state index in [0.29, 0.717) is 30.4 Å². The topological polar surface area (TPSA) is 66.9 Å². The van der Waals surface area contributed by atoms with Crippen LogP contribution in [0.2, 0.25) is 0 Å². The van der Waals surface area contributed by atoms with E-state index in [1.807, 2.05) is 54.1 Å². The predicted octanol–water partition coefficient (Wildman–Crippen LogP) is 6.92. The third-order valence-electron chi connectivity index (χ3n) is 5.96. The number of fused-ring (bicyclic) bond motifs is 1. The van der Waals surface area contributed by atoms with Gasteiger partial charge in [-0.2, -0.15) is 5.10 Å². The molecule has 190 valence electrons. The molecule has 0 saturated heterocycles. The molecule has 0 spiro atoms. The molecule has 0 N–H and O–H groups in total. The zero-order valence-electron chi connectivity index (χ0n) is 21.7. The SMILES string of the molecule is [C-]#[N+]c1cccc(-c2ccc3c(c2)c(COc2ccccc2CC(=O)OCC)nn3C(C)C)c1OCC. The second-order valence-electron chi connectivity index (χ2n) is 8.79. The summed E-state index contributed by atoms with van der Waals surface area (Å²) in [5.41, 5.74) is 4.84. The third kappa shape index (κ3) is 5.59. The molecule has 0 atom stereocenters. The third-order valence-corrected chi connectivity index (χ3v) is 5.96. The molecule has 0 unspecified atom stereocenters. The maximum absolute atomic E-state index is 12.1. The van der Waals surface area contributed by atoms with E-state index in [1.165, 1.54) is 0 Å². The number of aromatic nitrogens is 2. The number of carbonyl (C=O) groups is 1.